The van der Waals surface area contributed by atoms with E-state index in [1.165, 1.54) is 0 Å². The Morgan fingerprint density at radius 2 is 2.24 bits per heavy atom. The largest absolute Gasteiger partial charge is 0.492 e. The predicted octanol–water partition coefficient (Wildman–Crippen LogP) is 1.85. The molecule has 0 radical (unpaired) electrons. The summed E-state index contributed by atoms with van der Waals surface area (Å²) in [4.78, 5) is 0. The van der Waals surface area contributed by atoms with Gasteiger partial charge in [-0.2, -0.15) is 11.8 Å². The van der Waals surface area contributed by atoms with Gasteiger partial charge in [-0.1, -0.05) is 12.5 Å². The zero-order valence-corrected chi connectivity index (χ0v) is 13.8. The summed E-state index contributed by atoms with van der Waals surface area (Å²) in [6.45, 7) is 0.120. The van der Waals surface area contributed by atoms with Crippen molar-refractivity contribution in [3.05, 3.63) is 24.3 Å². The van der Waals surface area contributed by atoms with Crippen LogP contribution in [0.25, 0.3) is 0 Å². The monoisotopic (exact) mass is 330 g/mol. The highest BCUT2D eigenvalue weighted by Crippen LogP contribution is 2.28. The molecular weight excluding hydrogens is 308 g/mol. The van der Waals surface area contributed by atoms with Gasteiger partial charge >= 0.3 is 0 Å². The Morgan fingerprint density at radius 3 is 2.95 bits per heavy atom. The summed E-state index contributed by atoms with van der Waals surface area (Å²) >= 11 is 1.73. The van der Waals surface area contributed by atoms with Crippen molar-refractivity contribution in [1.29, 1.82) is 0 Å². The molecule has 1 fully saturated rings. The van der Waals surface area contributed by atoms with Crippen LogP contribution in [0.5, 0.6) is 5.75 Å². The standard InChI is InChI=1S/C14H22N2O3S2/c1-20-14-7-3-6-13(14)16-21(17,18)9-8-19-12-5-2-4-11(15)10-12/h2,4-5,10,13-14,16H,3,6-9,15H2,1H3. The summed E-state index contributed by atoms with van der Waals surface area (Å²) < 4.78 is 32.4. The molecule has 1 aromatic rings. The summed E-state index contributed by atoms with van der Waals surface area (Å²) in [6, 6.07) is 7.03. The third kappa shape index (κ3) is 5.09. The Labute approximate surface area is 130 Å². The maximum atomic E-state index is 12.1. The first kappa shape index (κ1) is 16.5. The molecule has 0 amide bonds. The highest BCUT2D eigenvalue weighted by atomic mass is 32.2. The minimum absolute atomic E-state index is 0.0423. The second kappa shape index (κ2) is 7.38. The second-order valence-electron chi connectivity index (χ2n) is 5.17. The quantitative estimate of drug-likeness (QED) is 0.746. The first-order chi connectivity index (χ1) is 10.00. The van der Waals surface area contributed by atoms with Gasteiger partial charge in [0.2, 0.25) is 10.0 Å². The molecule has 0 saturated heterocycles. The van der Waals surface area contributed by atoms with Crippen molar-refractivity contribution in [2.24, 2.45) is 0 Å². The maximum absolute atomic E-state index is 12.1. The van der Waals surface area contributed by atoms with E-state index in [0.717, 1.165) is 19.3 Å². The lowest BCUT2D eigenvalue weighted by Gasteiger charge is -2.19. The summed E-state index contributed by atoms with van der Waals surface area (Å²) in [7, 11) is -3.31. The van der Waals surface area contributed by atoms with Crippen molar-refractivity contribution in [2.45, 2.75) is 30.6 Å². The number of thioether (sulfide) groups is 1. The smallest absolute Gasteiger partial charge is 0.215 e. The van der Waals surface area contributed by atoms with Crippen LogP contribution in [0.1, 0.15) is 19.3 Å². The van der Waals surface area contributed by atoms with Crippen LogP contribution in [0.2, 0.25) is 0 Å². The van der Waals surface area contributed by atoms with Crippen LogP contribution in [0.4, 0.5) is 5.69 Å². The van der Waals surface area contributed by atoms with Gasteiger partial charge in [-0.3, -0.25) is 0 Å². The van der Waals surface area contributed by atoms with E-state index < -0.39 is 10.0 Å². The lowest BCUT2D eigenvalue weighted by atomic mass is 10.3. The third-order valence-corrected chi connectivity index (χ3v) is 6.10. The maximum Gasteiger partial charge on any atom is 0.215 e. The molecule has 118 valence electrons. The van der Waals surface area contributed by atoms with Gasteiger partial charge in [-0.15, -0.1) is 0 Å². The molecule has 0 aromatic heterocycles. The molecule has 0 aliphatic heterocycles. The first-order valence-electron chi connectivity index (χ1n) is 7.01. The van der Waals surface area contributed by atoms with Gasteiger partial charge in [0.05, 0.1) is 5.75 Å². The molecule has 0 bridgehead atoms. The molecule has 0 heterocycles. The molecule has 3 N–H and O–H groups in total. The summed E-state index contributed by atoms with van der Waals surface area (Å²) in [5.74, 6) is 0.549. The van der Waals surface area contributed by atoms with E-state index in [-0.39, 0.29) is 18.4 Å². The lowest BCUT2D eigenvalue weighted by molar-refractivity contribution is 0.340. The Balaban J connectivity index is 1.81. The van der Waals surface area contributed by atoms with Gasteiger partial charge in [-0.25, -0.2) is 13.1 Å². The number of rotatable bonds is 7. The fourth-order valence-corrected chi connectivity index (χ4v) is 4.69. The SMILES string of the molecule is CSC1CCCC1NS(=O)(=O)CCOc1cccc(N)c1. The van der Waals surface area contributed by atoms with Crippen molar-refractivity contribution in [3.8, 4) is 5.75 Å². The van der Waals surface area contributed by atoms with Crippen molar-refractivity contribution >= 4 is 27.5 Å². The van der Waals surface area contributed by atoms with Gasteiger partial charge in [-0.05, 0) is 31.2 Å². The molecule has 2 unspecified atom stereocenters. The molecule has 5 nitrogen and oxygen atoms in total. The Morgan fingerprint density at radius 1 is 1.43 bits per heavy atom. The molecule has 1 aromatic carbocycles. The number of nitrogens with one attached hydrogen (secondary N) is 1. The number of nitrogens with two attached hydrogens (primary N) is 1. The number of hydrogen-bond donors (Lipinski definition) is 2. The zero-order chi connectivity index (χ0) is 15.3. The van der Waals surface area contributed by atoms with E-state index in [9.17, 15) is 8.42 Å². The summed E-state index contributed by atoms with van der Waals surface area (Å²) in [5.41, 5.74) is 6.24. The molecule has 7 heteroatoms. The minimum atomic E-state index is -3.31. The van der Waals surface area contributed by atoms with Gasteiger partial charge in [0, 0.05) is 23.0 Å². The number of hydrogen-bond acceptors (Lipinski definition) is 5. The van der Waals surface area contributed by atoms with Crippen molar-refractivity contribution in [3.63, 3.8) is 0 Å². The minimum Gasteiger partial charge on any atom is -0.492 e. The van der Waals surface area contributed by atoms with Crippen LogP contribution in [-0.4, -0.2) is 38.3 Å². The van der Waals surface area contributed by atoms with E-state index in [0.29, 0.717) is 16.7 Å². The second-order valence-corrected chi connectivity index (χ2v) is 8.12. The predicted molar refractivity (Wildman–Crippen MR) is 88.2 cm³/mol. The van der Waals surface area contributed by atoms with Gasteiger partial charge in [0.25, 0.3) is 0 Å². The normalized spacial score (nSPS) is 22.3. The molecule has 2 atom stereocenters. The number of sulfonamides is 1. The lowest BCUT2D eigenvalue weighted by Crippen LogP contribution is -2.40. The fourth-order valence-electron chi connectivity index (χ4n) is 2.51. The van der Waals surface area contributed by atoms with Crippen molar-refractivity contribution < 1.29 is 13.2 Å². The molecule has 21 heavy (non-hydrogen) atoms. The molecule has 1 aliphatic rings. The van der Waals surface area contributed by atoms with Crippen LogP contribution in [-0.2, 0) is 10.0 Å². The van der Waals surface area contributed by atoms with Crippen LogP contribution >= 0.6 is 11.8 Å². The van der Waals surface area contributed by atoms with Crippen LogP contribution < -0.4 is 15.2 Å². The fraction of sp³-hybridized carbons (Fsp3) is 0.571. The van der Waals surface area contributed by atoms with Gasteiger partial charge in [0.1, 0.15) is 12.4 Å². The number of anilines is 1. The number of ether oxygens (including phenoxy) is 1. The van der Waals surface area contributed by atoms with E-state index in [4.69, 9.17) is 10.5 Å². The Hall–Kier alpha value is -0.920. The third-order valence-electron chi connectivity index (χ3n) is 3.57. The number of nitrogen functional groups attached to an aromatic ring is 1. The van der Waals surface area contributed by atoms with Crippen LogP contribution in [0.3, 0.4) is 0 Å². The highest BCUT2D eigenvalue weighted by Gasteiger charge is 2.29. The average molecular weight is 330 g/mol. The molecule has 1 aliphatic carbocycles. The Kier molecular flexibility index (Phi) is 5.78. The number of benzene rings is 1. The first-order valence-corrected chi connectivity index (χ1v) is 9.95. The van der Waals surface area contributed by atoms with E-state index in [1.807, 2.05) is 6.26 Å². The van der Waals surface area contributed by atoms with Crippen LogP contribution in [0.15, 0.2) is 24.3 Å². The van der Waals surface area contributed by atoms with E-state index in [2.05, 4.69) is 4.72 Å². The summed E-state index contributed by atoms with van der Waals surface area (Å²) in [6.07, 6.45) is 5.10. The molecule has 0 spiro atoms. The molecular formula is C14H22N2O3S2. The van der Waals surface area contributed by atoms with Crippen LogP contribution in [0, 0.1) is 0 Å². The topological polar surface area (TPSA) is 81.4 Å². The molecule has 1 saturated carbocycles. The Bertz CT molecular complexity index is 563. The highest BCUT2D eigenvalue weighted by molar-refractivity contribution is 7.99. The van der Waals surface area contributed by atoms with Gasteiger partial charge < -0.3 is 10.5 Å². The zero-order valence-electron chi connectivity index (χ0n) is 12.1. The van der Waals surface area contributed by atoms with E-state index in [1.54, 1.807) is 36.0 Å². The molecule has 2 rings (SSSR count). The van der Waals surface area contributed by atoms with E-state index >= 15 is 0 Å². The van der Waals surface area contributed by atoms with Gasteiger partial charge in [0.15, 0.2) is 0 Å². The average Bonchev–Trinajstić information content (AvgIpc) is 2.85. The van der Waals surface area contributed by atoms with Crippen molar-refractivity contribution in [1.82, 2.24) is 4.72 Å². The van der Waals surface area contributed by atoms with Crippen molar-refractivity contribution in [2.75, 3.05) is 24.3 Å². The summed E-state index contributed by atoms with van der Waals surface area (Å²) in [5, 5.41) is 0.384.